The number of imidazole rings is 1. The molecule has 2 aromatic carbocycles. The van der Waals surface area contributed by atoms with E-state index in [1.807, 2.05) is 54.6 Å². The van der Waals surface area contributed by atoms with Gasteiger partial charge in [0.15, 0.2) is 4.77 Å². The molecule has 0 aliphatic rings. The number of rotatable bonds is 5. The van der Waals surface area contributed by atoms with E-state index in [4.69, 9.17) is 23.8 Å². The molecule has 0 atom stereocenters. The third kappa shape index (κ3) is 3.80. The summed E-state index contributed by atoms with van der Waals surface area (Å²) in [6.45, 7) is 0. The lowest BCUT2D eigenvalue weighted by Gasteiger charge is -2.05. The fraction of sp³-hybridized carbons (Fsp3) is 0.118. The van der Waals surface area contributed by atoms with E-state index >= 15 is 0 Å². The van der Waals surface area contributed by atoms with E-state index in [-0.39, 0.29) is 5.88 Å². The van der Waals surface area contributed by atoms with Gasteiger partial charge in [-0.3, -0.25) is 4.57 Å². The molecule has 3 aromatic rings. The second-order valence-electron chi connectivity index (χ2n) is 5.02. The van der Waals surface area contributed by atoms with Gasteiger partial charge in [-0.2, -0.15) is 11.8 Å². The molecule has 3 rings (SSSR count). The second kappa shape index (κ2) is 7.25. The van der Waals surface area contributed by atoms with Crippen molar-refractivity contribution in [1.29, 1.82) is 0 Å². The van der Waals surface area contributed by atoms with E-state index in [1.54, 1.807) is 16.3 Å². The van der Waals surface area contributed by atoms with Gasteiger partial charge in [-0.15, -0.1) is 0 Å². The Morgan fingerprint density at radius 1 is 1.04 bits per heavy atom. The molecule has 0 aliphatic heterocycles. The number of halogens is 1. The van der Waals surface area contributed by atoms with Crippen LogP contribution in [0.1, 0.15) is 11.3 Å². The van der Waals surface area contributed by atoms with Gasteiger partial charge in [0.2, 0.25) is 5.88 Å². The fourth-order valence-corrected chi connectivity index (χ4v) is 3.62. The van der Waals surface area contributed by atoms with Crippen LogP contribution in [0.5, 0.6) is 5.88 Å². The smallest absolute Gasteiger partial charge is 0.218 e. The SMILES string of the molecule is Oc1c(CSCc2ccc(Cl)cc2)[nH]c(=S)n1-c1ccccc1. The predicted octanol–water partition coefficient (Wildman–Crippen LogP) is 5.33. The second-order valence-corrected chi connectivity index (χ2v) is 6.83. The number of nitrogens with one attached hydrogen (secondary N) is 1. The van der Waals surface area contributed by atoms with Gasteiger partial charge < -0.3 is 10.1 Å². The topological polar surface area (TPSA) is 40.9 Å². The summed E-state index contributed by atoms with van der Waals surface area (Å²) in [4.78, 5) is 3.09. The van der Waals surface area contributed by atoms with Crippen LogP contribution < -0.4 is 0 Å². The highest BCUT2D eigenvalue weighted by Gasteiger charge is 2.12. The molecule has 2 N–H and O–H groups in total. The quantitative estimate of drug-likeness (QED) is 0.603. The largest absolute Gasteiger partial charge is 0.493 e. The minimum Gasteiger partial charge on any atom is -0.493 e. The van der Waals surface area contributed by atoms with Crippen molar-refractivity contribution in [1.82, 2.24) is 9.55 Å². The molecule has 0 amide bonds. The van der Waals surface area contributed by atoms with Crippen LogP contribution >= 0.6 is 35.6 Å². The molecular weight excluding hydrogens is 348 g/mol. The third-order valence-electron chi connectivity index (χ3n) is 3.39. The summed E-state index contributed by atoms with van der Waals surface area (Å²) in [5, 5.41) is 11.2. The van der Waals surface area contributed by atoms with Crippen LogP contribution in [0.25, 0.3) is 5.69 Å². The van der Waals surface area contributed by atoms with Crippen LogP contribution in [0.3, 0.4) is 0 Å². The van der Waals surface area contributed by atoms with Crippen molar-refractivity contribution in [3.05, 3.63) is 75.6 Å². The Balaban J connectivity index is 1.72. The molecule has 1 heterocycles. The standard InChI is InChI=1S/C17H15ClN2OS2/c18-13-8-6-12(7-9-13)10-23-11-15-16(21)20(17(22)19-15)14-4-2-1-3-5-14/h1-9,21H,10-11H2,(H,19,22). The van der Waals surface area contributed by atoms with E-state index in [9.17, 15) is 5.11 Å². The Kier molecular flexibility index (Phi) is 5.10. The highest BCUT2D eigenvalue weighted by atomic mass is 35.5. The van der Waals surface area contributed by atoms with Crippen molar-refractivity contribution in [2.75, 3.05) is 0 Å². The highest BCUT2D eigenvalue weighted by molar-refractivity contribution is 7.97. The number of thioether (sulfide) groups is 1. The normalized spacial score (nSPS) is 10.8. The van der Waals surface area contributed by atoms with Gasteiger partial charge in [0.05, 0.1) is 11.4 Å². The van der Waals surface area contributed by atoms with Crippen LogP contribution in [0.2, 0.25) is 5.02 Å². The van der Waals surface area contributed by atoms with Gasteiger partial charge in [0.25, 0.3) is 0 Å². The third-order valence-corrected chi connectivity index (χ3v) is 4.95. The Morgan fingerprint density at radius 2 is 1.74 bits per heavy atom. The average molecular weight is 363 g/mol. The van der Waals surface area contributed by atoms with Crippen LogP contribution in [-0.2, 0) is 11.5 Å². The first kappa shape index (κ1) is 16.2. The molecule has 0 bridgehead atoms. The minimum atomic E-state index is 0.171. The van der Waals surface area contributed by atoms with Crippen molar-refractivity contribution in [3.8, 4) is 11.6 Å². The van der Waals surface area contributed by atoms with Crippen LogP contribution in [-0.4, -0.2) is 14.7 Å². The summed E-state index contributed by atoms with van der Waals surface area (Å²) in [6, 6.07) is 17.4. The summed E-state index contributed by atoms with van der Waals surface area (Å²) < 4.78 is 2.14. The van der Waals surface area contributed by atoms with Gasteiger partial charge in [-0.05, 0) is 42.0 Å². The Labute approximate surface area is 148 Å². The van der Waals surface area contributed by atoms with Gasteiger partial charge in [0, 0.05) is 16.5 Å². The summed E-state index contributed by atoms with van der Waals surface area (Å²) in [6.07, 6.45) is 0. The first-order valence-electron chi connectivity index (χ1n) is 7.05. The fourth-order valence-electron chi connectivity index (χ4n) is 2.24. The number of aromatic hydroxyl groups is 1. The van der Waals surface area contributed by atoms with Crippen LogP contribution in [0, 0.1) is 4.77 Å². The van der Waals surface area contributed by atoms with Crippen molar-refractivity contribution in [2.24, 2.45) is 0 Å². The number of hydrogen-bond donors (Lipinski definition) is 2. The van der Waals surface area contributed by atoms with Crippen molar-refractivity contribution < 1.29 is 5.11 Å². The van der Waals surface area contributed by atoms with E-state index in [2.05, 4.69) is 4.98 Å². The van der Waals surface area contributed by atoms with E-state index in [1.165, 1.54) is 5.56 Å². The van der Waals surface area contributed by atoms with E-state index in [0.717, 1.165) is 22.2 Å². The molecule has 0 saturated heterocycles. The van der Waals surface area contributed by atoms with Crippen LogP contribution in [0.15, 0.2) is 54.6 Å². The minimum absolute atomic E-state index is 0.171. The Morgan fingerprint density at radius 3 is 2.43 bits per heavy atom. The summed E-state index contributed by atoms with van der Waals surface area (Å²) in [5.74, 6) is 1.66. The monoisotopic (exact) mass is 362 g/mol. The number of para-hydroxylation sites is 1. The maximum Gasteiger partial charge on any atom is 0.218 e. The first-order valence-corrected chi connectivity index (χ1v) is 8.99. The molecule has 0 fully saturated rings. The maximum atomic E-state index is 10.4. The Bertz CT molecular complexity index is 841. The number of benzene rings is 2. The number of hydrogen-bond acceptors (Lipinski definition) is 3. The number of aromatic amines is 1. The molecule has 118 valence electrons. The van der Waals surface area contributed by atoms with Gasteiger partial charge in [0.1, 0.15) is 0 Å². The van der Waals surface area contributed by atoms with Crippen LogP contribution in [0.4, 0.5) is 0 Å². The van der Waals surface area contributed by atoms with E-state index < -0.39 is 0 Å². The summed E-state index contributed by atoms with van der Waals surface area (Å²) in [7, 11) is 0. The molecule has 3 nitrogen and oxygen atoms in total. The molecule has 1 aromatic heterocycles. The molecule has 0 unspecified atom stereocenters. The molecule has 0 saturated carbocycles. The van der Waals surface area contributed by atoms with Gasteiger partial charge in [-0.1, -0.05) is 41.9 Å². The number of aromatic nitrogens is 2. The van der Waals surface area contributed by atoms with Crippen molar-refractivity contribution in [3.63, 3.8) is 0 Å². The zero-order valence-electron chi connectivity index (χ0n) is 12.2. The average Bonchev–Trinajstić information content (AvgIpc) is 2.84. The Hall–Kier alpha value is -1.69. The zero-order chi connectivity index (χ0) is 16.2. The van der Waals surface area contributed by atoms with Gasteiger partial charge in [-0.25, -0.2) is 0 Å². The summed E-state index contributed by atoms with van der Waals surface area (Å²) in [5.41, 5.74) is 2.78. The molecule has 0 radical (unpaired) electrons. The molecule has 0 aliphatic carbocycles. The predicted molar refractivity (Wildman–Crippen MR) is 99.1 cm³/mol. The zero-order valence-corrected chi connectivity index (χ0v) is 14.6. The van der Waals surface area contributed by atoms with Gasteiger partial charge >= 0.3 is 0 Å². The number of H-pyrrole nitrogens is 1. The maximum absolute atomic E-state index is 10.4. The highest BCUT2D eigenvalue weighted by Crippen LogP contribution is 2.27. The van der Waals surface area contributed by atoms with E-state index in [0.29, 0.717) is 10.5 Å². The number of nitrogens with zero attached hydrogens (tertiary/aromatic N) is 1. The molecule has 0 spiro atoms. The van der Waals surface area contributed by atoms with Crippen molar-refractivity contribution in [2.45, 2.75) is 11.5 Å². The molecular formula is C17H15ClN2OS2. The first-order chi connectivity index (χ1) is 11.1. The van der Waals surface area contributed by atoms with Crippen molar-refractivity contribution >= 4 is 35.6 Å². The summed E-state index contributed by atoms with van der Waals surface area (Å²) >= 11 is 12.9. The molecule has 6 heteroatoms. The molecule has 23 heavy (non-hydrogen) atoms. The lowest BCUT2D eigenvalue weighted by atomic mass is 10.2. The lowest BCUT2D eigenvalue weighted by Crippen LogP contribution is -1.92. The lowest BCUT2D eigenvalue weighted by molar-refractivity contribution is 0.437.